The Bertz CT molecular complexity index is 186. The van der Waals surface area contributed by atoms with Gasteiger partial charge in [0.2, 0.25) is 0 Å². The number of ether oxygens (including phenoxy) is 1. The summed E-state index contributed by atoms with van der Waals surface area (Å²) in [6.45, 7) is 8.23. The molecular weight excluding hydrogens is 262 g/mol. The molecule has 21 heavy (non-hydrogen) atoms. The van der Waals surface area contributed by atoms with E-state index in [0.29, 0.717) is 6.54 Å². The molecule has 0 saturated heterocycles. The fourth-order valence-electron chi connectivity index (χ4n) is 2.42. The van der Waals surface area contributed by atoms with Crippen LogP contribution in [0, 0.1) is 5.92 Å². The van der Waals surface area contributed by atoms with E-state index in [1.165, 1.54) is 57.8 Å². The molecule has 0 amide bonds. The van der Waals surface area contributed by atoms with E-state index in [1.807, 2.05) is 0 Å². The smallest absolute Gasteiger partial charge is 0.0555 e. The summed E-state index contributed by atoms with van der Waals surface area (Å²) >= 11 is 0. The Morgan fingerprint density at radius 1 is 0.762 bits per heavy atom. The molecule has 0 radical (unpaired) electrons. The van der Waals surface area contributed by atoms with Gasteiger partial charge in [-0.2, -0.15) is 0 Å². The summed E-state index contributed by atoms with van der Waals surface area (Å²) in [4.78, 5) is 0. The van der Waals surface area contributed by atoms with Crippen molar-refractivity contribution in [2.45, 2.75) is 78.1 Å². The maximum atomic E-state index is 8.60. The standard InChI is InChI=1S/C18H39NO2/c1-18(2)12-9-7-5-3-4-6-8-10-16-21-17-11-13-19-14-15-20/h18-20H,3-17H2,1-2H3. The highest BCUT2D eigenvalue weighted by molar-refractivity contribution is 4.50. The molecule has 0 fully saturated rings. The van der Waals surface area contributed by atoms with Crippen molar-refractivity contribution < 1.29 is 9.84 Å². The van der Waals surface area contributed by atoms with Gasteiger partial charge < -0.3 is 15.2 Å². The van der Waals surface area contributed by atoms with Crippen molar-refractivity contribution in [2.75, 3.05) is 32.9 Å². The SMILES string of the molecule is CC(C)CCCCCCCCCCOCCCNCCO. The van der Waals surface area contributed by atoms with E-state index < -0.39 is 0 Å². The number of aliphatic hydroxyl groups is 1. The minimum Gasteiger partial charge on any atom is -0.395 e. The van der Waals surface area contributed by atoms with E-state index in [9.17, 15) is 0 Å². The van der Waals surface area contributed by atoms with Gasteiger partial charge in [0, 0.05) is 19.8 Å². The Morgan fingerprint density at radius 3 is 1.95 bits per heavy atom. The minimum absolute atomic E-state index is 0.221. The van der Waals surface area contributed by atoms with Crippen LogP contribution in [0.15, 0.2) is 0 Å². The zero-order valence-electron chi connectivity index (χ0n) is 14.5. The predicted molar refractivity (Wildman–Crippen MR) is 91.8 cm³/mol. The number of rotatable bonds is 17. The predicted octanol–water partition coefficient (Wildman–Crippen LogP) is 4.14. The average Bonchev–Trinajstić information content (AvgIpc) is 2.46. The molecule has 0 atom stereocenters. The molecule has 0 rings (SSSR count). The number of unbranched alkanes of at least 4 members (excludes halogenated alkanes) is 7. The van der Waals surface area contributed by atoms with Crippen molar-refractivity contribution in [3.8, 4) is 0 Å². The zero-order valence-corrected chi connectivity index (χ0v) is 14.5. The molecule has 3 nitrogen and oxygen atoms in total. The fraction of sp³-hybridized carbons (Fsp3) is 1.00. The first-order valence-corrected chi connectivity index (χ1v) is 9.16. The van der Waals surface area contributed by atoms with Crippen LogP contribution in [0.5, 0.6) is 0 Å². The molecule has 0 aliphatic rings. The van der Waals surface area contributed by atoms with E-state index in [4.69, 9.17) is 9.84 Å². The van der Waals surface area contributed by atoms with Crippen LogP contribution in [0.2, 0.25) is 0 Å². The normalized spacial score (nSPS) is 11.4. The number of hydrogen-bond donors (Lipinski definition) is 2. The summed E-state index contributed by atoms with van der Waals surface area (Å²) < 4.78 is 5.59. The van der Waals surface area contributed by atoms with Gasteiger partial charge in [0.05, 0.1) is 6.61 Å². The first-order chi connectivity index (χ1) is 10.3. The van der Waals surface area contributed by atoms with Gasteiger partial charge in [-0.15, -0.1) is 0 Å². The Morgan fingerprint density at radius 2 is 1.33 bits per heavy atom. The van der Waals surface area contributed by atoms with Crippen LogP contribution < -0.4 is 5.32 Å². The third-order valence-corrected chi connectivity index (χ3v) is 3.75. The maximum Gasteiger partial charge on any atom is 0.0555 e. The second-order valence-electron chi connectivity index (χ2n) is 6.45. The lowest BCUT2D eigenvalue weighted by Crippen LogP contribution is -2.20. The van der Waals surface area contributed by atoms with Gasteiger partial charge >= 0.3 is 0 Å². The van der Waals surface area contributed by atoms with Crippen LogP contribution >= 0.6 is 0 Å². The van der Waals surface area contributed by atoms with E-state index in [-0.39, 0.29) is 6.61 Å². The van der Waals surface area contributed by atoms with Gasteiger partial charge in [0.15, 0.2) is 0 Å². The molecule has 0 aromatic heterocycles. The fourth-order valence-corrected chi connectivity index (χ4v) is 2.42. The zero-order chi connectivity index (χ0) is 15.6. The summed E-state index contributed by atoms with van der Waals surface area (Å²) in [5.41, 5.74) is 0. The molecule has 0 saturated carbocycles. The average molecular weight is 302 g/mol. The largest absolute Gasteiger partial charge is 0.395 e. The number of nitrogens with one attached hydrogen (secondary N) is 1. The quantitative estimate of drug-likeness (QED) is 0.397. The molecule has 0 aromatic carbocycles. The third-order valence-electron chi connectivity index (χ3n) is 3.75. The van der Waals surface area contributed by atoms with Gasteiger partial charge in [-0.05, 0) is 25.3 Å². The van der Waals surface area contributed by atoms with Gasteiger partial charge in [-0.3, -0.25) is 0 Å². The molecule has 2 N–H and O–H groups in total. The van der Waals surface area contributed by atoms with Crippen molar-refractivity contribution in [1.82, 2.24) is 5.32 Å². The van der Waals surface area contributed by atoms with Crippen molar-refractivity contribution >= 4 is 0 Å². The van der Waals surface area contributed by atoms with Crippen LogP contribution in [0.25, 0.3) is 0 Å². The van der Waals surface area contributed by atoms with Gasteiger partial charge in [0.1, 0.15) is 0 Å². The van der Waals surface area contributed by atoms with Crippen molar-refractivity contribution in [3.63, 3.8) is 0 Å². The Balaban J connectivity index is 2.93. The molecule has 0 spiro atoms. The maximum absolute atomic E-state index is 8.60. The van der Waals surface area contributed by atoms with Crippen LogP contribution in [0.3, 0.4) is 0 Å². The lowest BCUT2D eigenvalue weighted by Gasteiger charge is -2.06. The Hall–Kier alpha value is -0.120. The molecule has 0 bridgehead atoms. The Kier molecular flexibility index (Phi) is 17.8. The van der Waals surface area contributed by atoms with Crippen molar-refractivity contribution in [2.24, 2.45) is 5.92 Å². The molecular formula is C18H39NO2. The van der Waals surface area contributed by atoms with E-state index in [1.54, 1.807) is 0 Å². The van der Waals surface area contributed by atoms with Crippen LogP contribution in [-0.2, 0) is 4.74 Å². The molecule has 0 aromatic rings. The third kappa shape index (κ3) is 19.9. The number of hydrogen-bond acceptors (Lipinski definition) is 3. The lowest BCUT2D eigenvalue weighted by molar-refractivity contribution is 0.127. The van der Waals surface area contributed by atoms with Gasteiger partial charge in [-0.1, -0.05) is 65.2 Å². The molecule has 0 aliphatic carbocycles. The molecule has 0 heterocycles. The Labute approximate surface area is 132 Å². The summed E-state index contributed by atoms with van der Waals surface area (Å²) in [5, 5.41) is 11.7. The first kappa shape index (κ1) is 20.9. The highest BCUT2D eigenvalue weighted by Crippen LogP contribution is 2.12. The minimum atomic E-state index is 0.221. The second kappa shape index (κ2) is 17.9. The van der Waals surface area contributed by atoms with Gasteiger partial charge in [-0.25, -0.2) is 0 Å². The van der Waals surface area contributed by atoms with Crippen LogP contribution in [-0.4, -0.2) is 38.0 Å². The van der Waals surface area contributed by atoms with Crippen molar-refractivity contribution in [3.05, 3.63) is 0 Å². The first-order valence-electron chi connectivity index (χ1n) is 9.16. The van der Waals surface area contributed by atoms with E-state index in [0.717, 1.165) is 32.1 Å². The monoisotopic (exact) mass is 301 g/mol. The molecule has 3 heteroatoms. The van der Waals surface area contributed by atoms with Crippen LogP contribution in [0.1, 0.15) is 78.1 Å². The number of aliphatic hydroxyl groups excluding tert-OH is 1. The molecule has 0 aliphatic heterocycles. The topological polar surface area (TPSA) is 41.5 Å². The summed E-state index contributed by atoms with van der Waals surface area (Å²) in [7, 11) is 0. The van der Waals surface area contributed by atoms with Crippen LogP contribution in [0.4, 0.5) is 0 Å². The van der Waals surface area contributed by atoms with Gasteiger partial charge in [0.25, 0.3) is 0 Å². The summed E-state index contributed by atoms with van der Waals surface area (Å²) in [6.07, 6.45) is 13.4. The van der Waals surface area contributed by atoms with Crippen molar-refractivity contribution in [1.29, 1.82) is 0 Å². The van der Waals surface area contributed by atoms with E-state index in [2.05, 4.69) is 19.2 Å². The molecule has 128 valence electrons. The lowest BCUT2D eigenvalue weighted by atomic mass is 10.0. The summed E-state index contributed by atoms with van der Waals surface area (Å²) in [6, 6.07) is 0. The highest BCUT2D eigenvalue weighted by atomic mass is 16.5. The van der Waals surface area contributed by atoms with E-state index >= 15 is 0 Å². The molecule has 0 unspecified atom stereocenters. The highest BCUT2D eigenvalue weighted by Gasteiger charge is 1.95. The summed E-state index contributed by atoms with van der Waals surface area (Å²) in [5.74, 6) is 0.871. The second-order valence-corrected chi connectivity index (χ2v) is 6.45.